The van der Waals surface area contributed by atoms with Crippen molar-refractivity contribution in [3.05, 3.63) is 89.6 Å². The second-order valence-corrected chi connectivity index (χ2v) is 9.96. The Hall–Kier alpha value is -3.47. The lowest BCUT2D eigenvalue weighted by molar-refractivity contribution is 0.583. The first-order valence-electron chi connectivity index (χ1n) is 9.24. The molecule has 3 N–H and O–H groups in total. The molecule has 4 rings (SSSR count). The second kappa shape index (κ2) is 8.23. The fraction of sp³-hybridized carbons (Fsp3) is 0. The Kier molecular flexibility index (Phi) is 5.59. The van der Waals surface area contributed by atoms with Crippen molar-refractivity contribution < 1.29 is 25.6 Å². The summed E-state index contributed by atoms with van der Waals surface area (Å²) < 4.78 is 70.0. The maximum Gasteiger partial charge on any atom is 0.255 e. The zero-order chi connectivity index (χ0) is 22.9. The van der Waals surface area contributed by atoms with Gasteiger partial charge in [-0.05, 0) is 48.0 Å². The highest BCUT2D eigenvalue weighted by Crippen LogP contribution is 2.32. The zero-order valence-corrected chi connectivity index (χ0v) is 18.0. The summed E-state index contributed by atoms with van der Waals surface area (Å²) in [4.78, 5) is -0.670. The van der Waals surface area contributed by atoms with Crippen LogP contribution in [0, 0.1) is 5.82 Å². The molecule has 1 aliphatic carbocycles. The summed E-state index contributed by atoms with van der Waals surface area (Å²) in [5.74, 6) is 0.374. The number of hydrogen-bond acceptors (Lipinski definition) is 5. The number of nitrogens with one attached hydrogen (secondary N) is 1. The molecule has 0 atom stereocenters. The van der Waals surface area contributed by atoms with E-state index >= 15 is 0 Å². The molecule has 0 bridgehead atoms. The lowest BCUT2D eigenvalue weighted by atomic mass is 10.0. The van der Waals surface area contributed by atoms with Crippen LogP contribution in [0.25, 0.3) is 28.7 Å². The molecule has 0 aromatic heterocycles. The van der Waals surface area contributed by atoms with Crippen LogP contribution in [0.3, 0.4) is 0 Å². The van der Waals surface area contributed by atoms with Gasteiger partial charge in [0.1, 0.15) is 22.2 Å². The molecule has 1 aliphatic heterocycles. The number of nitrogens with two attached hydrogens (primary N) is 1. The molecule has 0 spiro atoms. The molecule has 0 fully saturated rings. The average molecular weight is 473 g/mol. The molecule has 0 unspecified atom stereocenters. The van der Waals surface area contributed by atoms with E-state index in [1.165, 1.54) is 6.08 Å². The van der Waals surface area contributed by atoms with E-state index in [-0.39, 0.29) is 5.69 Å². The van der Waals surface area contributed by atoms with Crippen molar-refractivity contribution in [2.45, 2.75) is 4.90 Å². The van der Waals surface area contributed by atoms with Gasteiger partial charge in [-0.1, -0.05) is 36.4 Å². The van der Waals surface area contributed by atoms with E-state index in [4.69, 9.17) is 9.56 Å². The van der Waals surface area contributed by atoms with Crippen molar-refractivity contribution >= 4 is 31.8 Å². The minimum atomic E-state index is -4.35. The van der Waals surface area contributed by atoms with Gasteiger partial charge in [-0.15, -0.1) is 0 Å². The minimum absolute atomic E-state index is 0.358. The van der Waals surface area contributed by atoms with Gasteiger partial charge >= 0.3 is 0 Å². The highest BCUT2D eigenvalue weighted by Gasteiger charge is 2.18. The number of rotatable bonds is 6. The number of anilines is 1. The Morgan fingerprint density at radius 3 is 2.44 bits per heavy atom. The summed E-state index contributed by atoms with van der Waals surface area (Å²) in [7, 11) is -8.51. The number of hydrogen-bond donors (Lipinski definition) is 2. The largest absolute Gasteiger partial charge is 0.456 e. The van der Waals surface area contributed by atoms with Gasteiger partial charge in [0.15, 0.2) is 0 Å². The van der Waals surface area contributed by atoms with Crippen LogP contribution in [-0.4, -0.2) is 16.8 Å². The first kappa shape index (κ1) is 21.8. The third-order valence-electron chi connectivity index (χ3n) is 4.60. The molecule has 10 heteroatoms. The molecule has 2 aromatic carbocycles. The Labute approximate surface area is 184 Å². The van der Waals surface area contributed by atoms with Crippen LogP contribution in [0.2, 0.25) is 0 Å². The van der Waals surface area contributed by atoms with Crippen molar-refractivity contribution in [3.63, 3.8) is 0 Å². The minimum Gasteiger partial charge on any atom is -0.456 e. The van der Waals surface area contributed by atoms with E-state index in [1.807, 2.05) is 24.3 Å². The highest BCUT2D eigenvalue weighted by atomic mass is 32.2. The summed E-state index contributed by atoms with van der Waals surface area (Å²) in [6, 6.07) is 18.9. The van der Waals surface area contributed by atoms with Crippen LogP contribution >= 0.6 is 0 Å². The molecule has 1 heterocycles. The average Bonchev–Trinajstić information content (AvgIpc) is 3.21. The van der Waals surface area contributed by atoms with Gasteiger partial charge in [0.05, 0.1) is 11.1 Å². The number of halogens is 1. The maximum absolute atomic E-state index is 13.4. The molecular weight excluding hydrogens is 455 g/mol. The number of sulfonamides is 2. The Morgan fingerprint density at radius 1 is 0.875 bits per heavy atom. The van der Waals surface area contributed by atoms with Gasteiger partial charge < -0.3 is 4.42 Å². The van der Waals surface area contributed by atoms with E-state index in [0.29, 0.717) is 28.7 Å². The molecule has 32 heavy (non-hydrogen) atoms. The first-order valence-corrected chi connectivity index (χ1v) is 12.3. The van der Waals surface area contributed by atoms with Gasteiger partial charge in [0.2, 0.25) is 10.0 Å². The number of primary sulfonamides is 1. The van der Waals surface area contributed by atoms with Crippen molar-refractivity contribution in [1.29, 1.82) is 0 Å². The summed E-state index contributed by atoms with van der Waals surface area (Å²) in [5.41, 5.74) is 1.80. The molecule has 7 nitrogen and oxygen atoms in total. The molecule has 2 aliphatic rings. The zero-order valence-electron chi connectivity index (χ0n) is 16.4. The third kappa shape index (κ3) is 4.72. The highest BCUT2D eigenvalue weighted by molar-refractivity contribution is 7.95. The second-order valence-electron chi connectivity index (χ2n) is 6.87. The Bertz CT molecular complexity index is 1510. The normalized spacial score (nSPS) is 12.4. The van der Waals surface area contributed by atoms with Crippen LogP contribution < -0.4 is 9.86 Å². The van der Waals surface area contributed by atoms with Crippen LogP contribution in [0.1, 0.15) is 5.56 Å². The predicted octanol–water partition coefficient (Wildman–Crippen LogP) is 4.25. The van der Waals surface area contributed by atoms with Crippen molar-refractivity contribution in [2.75, 3.05) is 4.72 Å². The van der Waals surface area contributed by atoms with Gasteiger partial charge in [0.25, 0.3) is 10.0 Å². The molecule has 2 aromatic rings. The Morgan fingerprint density at radius 2 is 1.66 bits per heavy atom. The quantitative estimate of drug-likeness (QED) is 0.435. The fourth-order valence-corrected chi connectivity index (χ4v) is 4.79. The molecule has 0 saturated carbocycles. The first-order chi connectivity index (χ1) is 15.1. The topological polar surface area (TPSA) is 119 Å². The van der Waals surface area contributed by atoms with Gasteiger partial charge in [-0.3, -0.25) is 4.72 Å². The lowest BCUT2D eigenvalue weighted by Crippen LogP contribution is -2.17. The molecule has 164 valence electrons. The summed E-state index contributed by atoms with van der Waals surface area (Å²) in [5, 5.41) is 5.95. The summed E-state index contributed by atoms with van der Waals surface area (Å²) in [6.07, 6.45) is 1.35. The molecule has 0 radical (unpaired) electrons. The van der Waals surface area contributed by atoms with Crippen LogP contribution in [-0.2, 0) is 20.0 Å². The predicted molar refractivity (Wildman–Crippen MR) is 120 cm³/mol. The van der Waals surface area contributed by atoms with E-state index in [9.17, 15) is 21.2 Å². The molecule has 0 amide bonds. The standard InChI is InChI=1S/C22H17FN2O5S2/c23-17-9-10-19(22(14-17)32(24,28)29)25-31(26,27)13-12-15-4-1-2-6-18(15)21-11-8-16-5-3-7-20(16)30-21/h1-14,25H,(H2,24,28,29)/b13-12+. The van der Waals surface area contributed by atoms with Gasteiger partial charge in [-0.2, -0.15) is 0 Å². The molecular formula is C22H17FN2O5S2. The van der Waals surface area contributed by atoms with Crippen LogP contribution in [0.15, 0.2) is 87.5 Å². The SMILES string of the molecule is NS(=O)(=O)c1cc(F)ccc1NS(=O)(=O)/C=C/c1ccccc1-c1ccc2cccc-2o1. The summed E-state index contributed by atoms with van der Waals surface area (Å²) >= 11 is 0. The van der Waals surface area contributed by atoms with E-state index < -0.39 is 30.8 Å². The lowest BCUT2D eigenvalue weighted by Gasteiger charge is -2.10. The summed E-state index contributed by atoms with van der Waals surface area (Å²) in [6.45, 7) is 0. The van der Waals surface area contributed by atoms with Gasteiger partial charge in [-0.25, -0.2) is 26.4 Å². The number of fused-ring (bicyclic) bond motifs is 1. The van der Waals surface area contributed by atoms with Crippen molar-refractivity contribution in [1.82, 2.24) is 0 Å². The molecule has 0 saturated heterocycles. The van der Waals surface area contributed by atoms with Crippen molar-refractivity contribution in [2.24, 2.45) is 5.14 Å². The van der Waals surface area contributed by atoms with Gasteiger partial charge in [0, 0.05) is 11.1 Å². The monoisotopic (exact) mass is 472 g/mol. The number of benzene rings is 2. The van der Waals surface area contributed by atoms with E-state index in [1.54, 1.807) is 30.3 Å². The smallest absolute Gasteiger partial charge is 0.255 e. The van der Waals surface area contributed by atoms with Crippen LogP contribution in [0.4, 0.5) is 10.1 Å². The third-order valence-corrected chi connectivity index (χ3v) is 6.55. The van der Waals surface area contributed by atoms with Crippen LogP contribution in [0.5, 0.6) is 0 Å². The van der Waals surface area contributed by atoms with Crippen molar-refractivity contribution in [3.8, 4) is 22.6 Å². The maximum atomic E-state index is 13.4. The van der Waals surface area contributed by atoms with E-state index in [2.05, 4.69) is 4.72 Å². The fourth-order valence-electron chi connectivity index (χ4n) is 3.14. The Balaban J connectivity index is 1.67. The van der Waals surface area contributed by atoms with E-state index in [0.717, 1.165) is 23.1 Å².